The molecule has 0 aliphatic heterocycles. The summed E-state index contributed by atoms with van der Waals surface area (Å²) in [5, 5.41) is 2.33. The van der Waals surface area contributed by atoms with Gasteiger partial charge in [0.25, 0.3) is 0 Å². The monoisotopic (exact) mass is 480 g/mol. The lowest BCUT2D eigenvalue weighted by Crippen LogP contribution is -1.82. The van der Waals surface area contributed by atoms with E-state index in [1.54, 1.807) is 24.3 Å². The zero-order valence-electron chi connectivity index (χ0n) is 14.6. The van der Waals surface area contributed by atoms with Gasteiger partial charge in [0.2, 0.25) is 0 Å². The summed E-state index contributed by atoms with van der Waals surface area (Å²) in [6, 6.07) is 8.56. The molecule has 0 aliphatic carbocycles. The average Bonchev–Trinajstić information content (AvgIpc) is 2.70. The van der Waals surface area contributed by atoms with Crippen LogP contribution in [0.15, 0.2) is 30.3 Å². The third-order valence-corrected chi connectivity index (χ3v) is 4.43. The molecule has 0 amide bonds. The first kappa shape index (κ1) is 26.2. The standard InChI is InChI=1S/C12H5Cl5.2C6H2/c13-8-2-1-6(3-10(8)15)7-4-11(16)12(17)5-9(7)14;2*1-3-5-6-4-2/h1-5H;2*1-2H/i;1+1,2+1,3+1,4+1,5+1,6+1;5+1,6+1. The van der Waals surface area contributed by atoms with Crippen molar-refractivity contribution in [3.05, 3.63) is 55.4 Å². The van der Waals surface area contributed by atoms with Crippen molar-refractivity contribution < 1.29 is 0 Å². The quantitative estimate of drug-likeness (QED) is 0.230. The minimum atomic E-state index is 0.417. The molecule has 0 bridgehead atoms. The molecule has 0 radical (unpaired) electrons. The number of rotatable bonds is 1. The van der Waals surface area contributed by atoms with Gasteiger partial charge in [0.05, 0.1) is 20.1 Å². The van der Waals surface area contributed by atoms with Crippen molar-refractivity contribution in [1.82, 2.24) is 0 Å². The molecule has 0 nitrogen and oxygen atoms in total. The maximum atomic E-state index is 6.11. The lowest BCUT2D eigenvalue weighted by molar-refractivity contribution is 1.61. The van der Waals surface area contributed by atoms with Gasteiger partial charge in [0, 0.05) is 10.6 Å². The van der Waals surface area contributed by atoms with Crippen molar-refractivity contribution >= 4 is 58.0 Å². The van der Waals surface area contributed by atoms with E-state index in [0.29, 0.717) is 25.1 Å². The normalized spacial score (nSPS) is 7.48. The van der Waals surface area contributed by atoms with E-state index in [-0.39, 0.29) is 0 Å². The van der Waals surface area contributed by atoms with Crippen LogP contribution in [0.1, 0.15) is 0 Å². The van der Waals surface area contributed by atoms with E-state index in [9.17, 15) is 0 Å². The molecule has 0 aromatic heterocycles. The van der Waals surface area contributed by atoms with Gasteiger partial charge in [0.1, 0.15) is 0 Å². The van der Waals surface area contributed by atoms with Crippen molar-refractivity contribution in [2.24, 2.45) is 0 Å². The van der Waals surface area contributed by atoms with E-state index in [2.05, 4.69) is 47.4 Å². The first-order valence-electron chi connectivity index (χ1n) is 7.24. The zero-order chi connectivity index (χ0) is 22.2. The van der Waals surface area contributed by atoms with Crippen molar-refractivity contribution in [3.63, 3.8) is 0 Å². The lowest BCUT2D eigenvalue weighted by Gasteiger charge is -2.07. The predicted molar refractivity (Wildman–Crippen MR) is 128 cm³/mol. The van der Waals surface area contributed by atoms with Crippen LogP contribution in [0.3, 0.4) is 0 Å². The Morgan fingerprint density at radius 1 is 0.483 bits per heavy atom. The van der Waals surface area contributed by atoms with Crippen LogP contribution in [0, 0.1) is 73.1 Å². The maximum absolute atomic E-state index is 6.11. The van der Waals surface area contributed by atoms with Crippen LogP contribution >= 0.6 is 58.0 Å². The topological polar surface area (TPSA) is 0 Å². The Morgan fingerprint density at radius 2 is 0.897 bits per heavy atom. The summed E-state index contributed by atoms with van der Waals surface area (Å²) < 4.78 is 0. The molecule has 0 saturated carbocycles. The second-order valence-electron chi connectivity index (χ2n) is 4.45. The van der Waals surface area contributed by atoms with Crippen LogP contribution < -0.4 is 0 Å². The number of terminal acetylenes is 4. The van der Waals surface area contributed by atoms with Crippen LogP contribution in [0.2, 0.25) is 25.1 Å². The van der Waals surface area contributed by atoms with Gasteiger partial charge in [0.15, 0.2) is 0 Å². The number of hydrogen-bond donors (Lipinski definition) is 0. The molecule has 0 spiro atoms. The van der Waals surface area contributed by atoms with Crippen LogP contribution in [-0.2, 0) is 0 Å². The van der Waals surface area contributed by atoms with Gasteiger partial charge < -0.3 is 0 Å². The Morgan fingerprint density at radius 3 is 1.31 bits per heavy atom. The molecule has 29 heavy (non-hydrogen) atoms. The number of hydrogen-bond acceptors (Lipinski definition) is 0. The minimum absolute atomic E-state index is 0.417. The summed E-state index contributed by atoms with van der Waals surface area (Å²) in [4.78, 5) is 0. The fourth-order valence-electron chi connectivity index (χ4n) is 1.55. The summed E-state index contributed by atoms with van der Waals surface area (Å²) >= 11 is 29.7. The van der Waals surface area contributed by atoms with Gasteiger partial charge in [-0.05, 0) is 77.2 Å². The Kier molecular flexibility index (Phi) is 13.8. The van der Waals surface area contributed by atoms with Crippen molar-refractivity contribution in [3.8, 4) is 84.2 Å². The molecule has 2 aromatic carbocycles. The van der Waals surface area contributed by atoms with Gasteiger partial charge in [-0.1, -0.05) is 64.1 Å². The molecule has 0 atom stereocenters. The Hall–Kier alpha value is -2.75. The van der Waals surface area contributed by atoms with E-state index >= 15 is 0 Å². The molecule has 140 valence electrons. The van der Waals surface area contributed by atoms with Crippen molar-refractivity contribution in [1.29, 1.82) is 0 Å². The summed E-state index contributed by atoms with van der Waals surface area (Å²) in [5.41, 5.74) is 1.60. The highest BCUT2D eigenvalue weighted by atomic mass is 35.5. The molecular weight excluding hydrogens is 473 g/mol. The van der Waals surface area contributed by atoms with Crippen molar-refractivity contribution in [2.75, 3.05) is 0 Å². The molecule has 0 N–H and O–H groups in total. The van der Waals surface area contributed by atoms with Gasteiger partial charge in [-0.3, -0.25) is 0 Å². The molecular formula is C24H9Cl5. The Bertz CT molecular complexity index is 1080. The van der Waals surface area contributed by atoms with Crippen LogP contribution in [-0.4, -0.2) is 0 Å². The molecule has 2 rings (SSSR count). The largest absolute Gasteiger partial charge is 0.106 e. The fourth-order valence-corrected chi connectivity index (χ4v) is 2.51. The van der Waals surface area contributed by atoms with Crippen molar-refractivity contribution in [2.45, 2.75) is 0 Å². The molecule has 5 heteroatoms. The van der Waals surface area contributed by atoms with Crippen LogP contribution in [0.25, 0.3) is 11.1 Å². The predicted octanol–water partition coefficient (Wildman–Crippen LogP) is 7.13. The summed E-state index contributed by atoms with van der Waals surface area (Å²) in [7, 11) is 0. The zero-order valence-corrected chi connectivity index (χ0v) is 18.4. The SMILES string of the molecule is C#C[13C]#[13C]C#C.Clc1ccc(-c2cc(Cl)c(Cl)cc2Cl)cc1Cl.[13CH]#[13C][13C]#[13C][13C]#[13CH]. The highest BCUT2D eigenvalue weighted by Crippen LogP contribution is 2.37. The van der Waals surface area contributed by atoms with E-state index in [1.807, 2.05) is 6.07 Å². The molecule has 0 heterocycles. The lowest BCUT2D eigenvalue weighted by atomic mass is 10.1. The van der Waals surface area contributed by atoms with E-state index < -0.39 is 0 Å². The second kappa shape index (κ2) is 15.2. The highest BCUT2D eigenvalue weighted by molar-refractivity contribution is 6.44. The highest BCUT2D eigenvalue weighted by Gasteiger charge is 2.09. The van der Waals surface area contributed by atoms with Crippen LogP contribution in [0.4, 0.5) is 0 Å². The first-order chi connectivity index (χ1) is 13.8. The number of halogens is 5. The van der Waals surface area contributed by atoms with E-state index in [1.165, 1.54) is 0 Å². The van der Waals surface area contributed by atoms with Gasteiger partial charge >= 0.3 is 0 Å². The van der Waals surface area contributed by atoms with Gasteiger partial charge in [-0.25, -0.2) is 0 Å². The molecule has 0 aliphatic rings. The fraction of sp³-hybridized carbons (Fsp3) is 0. The van der Waals surface area contributed by atoms with Crippen LogP contribution in [0.5, 0.6) is 0 Å². The van der Waals surface area contributed by atoms with E-state index in [0.717, 1.165) is 11.1 Å². The maximum Gasteiger partial charge on any atom is 0.0607 e. The summed E-state index contributed by atoms with van der Waals surface area (Å²) in [5.74, 6) is 17.2. The molecule has 0 unspecified atom stereocenters. The minimum Gasteiger partial charge on any atom is -0.106 e. The van der Waals surface area contributed by atoms with Gasteiger partial charge in [-0.15, -0.1) is 25.7 Å². The number of benzene rings is 2. The summed E-state index contributed by atoms with van der Waals surface area (Å²) in [6.07, 6.45) is 18.8. The molecule has 2 aromatic rings. The first-order valence-corrected chi connectivity index (χ1v) is 9.13. The molecule has 0 saturated heterocycles. The second-order valence-corrected chi connectivity index (χ2v) is 6.49. The Labute approximate surface area is 196 Å². The third kappa shape index (κ3) is 10.4. The van der Waals surface area contributed by atoms with E-state index in [4.69, 9.17) is 83.7 Å². The third-order valence-electron chi connectivity index (χ3n) is 2.65. The molecule has 0 fully saturated rings. The average molecular weight is 483 g/mol. The Balaban J connectivity index is 0.000000542. The van der Waals surface area contributed by atoms with Gasteiger partial charge in [-0.2, -0.15) is 0 Å². The smallest absolute Gasteiger partial charge is 0.0607 e. The summed E-state index contributed by atoms with van der Waals surface area (Å²) in [6.45, 7) is 0.